The molecular weight excluding hydrogens is 452 g/mol. The molecule has 0 aliphatic carbocycles. The third kappa shape index (κ3) is 5.23. The molecule has 4 aromatic carbocycles. The first kappa shape index (κ1) is 24.5. The van der Waals surface area contributed by atoms with Gasteiger partial charge in [0.05, 0.1) is 13.1 Å². The number of phenolic OH excluding ortho intramolecular Hbond substituents is 4. The van der Waals surface area contributed by atoms with E-state index in [1.807, 2.05) is 24.3 Å². The Morgan fingerprint density at radius 2 is 0.944 bits per heavy atom. The average molecular weight is 481 g/mol. The molecule has 0 radical (unpaired) electrons. The fourth-order valence-electron chi connectivity index (χ4n) is 4.23. The first-order valence-corrected chi connectivity index (χ1v) is 11.6. The number of rotatable bonds is 7. The van der Waals surface area contributed by atoms with Crippen LogP contribution in [-0.4, -0.2) is 32.9 Å². The minimum absolute atomic E-state index is 0.181. The van der Waals surface area contributed by atoms with Crippen molar-refractivity contribution in [2.45, 2.75) is 26.9 Å². The quantitative estimate of drug-likeness (QED) is 0.191. The van der Waals surface area contributed by atoms with Gasteiger partial charge in [0, 0.05) is 23.6 Å². The number of aryl methyl sites for hydroxylation is 2. The van der Waals surface area contributed by atoms with Crippen LogP contribution in [0.25, 0.3) is 11.1 Å². The molecule has 36 heavy (non-hydrogen) atoms. The van der Waals surface area contributed by atoms with Crippen LogP contribution in [0.5, 0.6) is 23.0 Å². The summed E-state index contributed by atoms with van der Waals surface area (Å²) >= 11 is 0. The summed E-state index contributed by atoms with van der Waals surface area (Å²) < 4.78 is 0. The molecule has 0 saturated heterocycles. The molecule has 0 bridgehead atoms. The molecular formula is C30H28N2O4. The highest BCUT2D eigenvalue weighted by Crippen LogP contribution is 2.35. The van der Waals surface area contributed by atoms with Crippen molar-refractivity contribution < 1.29 is 20.4 Å². The molecule has 0 amide bonds. The minimum atomic E-state index is -0.192. The van der Waals surface area contributed by atoms with Crippen LogP contribution < -0.4 is 0 Å². The number of para-hydroxylation sites is 2. The predicted molar refractivity (Wildman–Crippen MR) is 143 cm³/mol. The Kier molecular flexibility index (Phi) is 7.35. The zero-order valence-electron chi connectivity index (χ0n) is 20.2. The lowest BCUT2D eigenvalue weighted by Gasteiger charge is -2.17. The number of hydrogen-bond acceptors (Lipinski definition) is 6. The Morgan fingerprint density at radius 1 is 0.556 bits per heavy atom. The molecule has 0 fully saturated rings. The molecule has 0 heterocycles. The monoisotopic (exact) mass is 480 g/mol. The minimum Gasteiger partial charge on any atom is -0.504 e. The normalized spacial score (nSPS) is 11.5. The second-order valence-corrected chi connectivity index (χ2v) is 8.59. The maximum atomic E-state index is 10.1. The van der Waals surface area contributed by atoms with Crippen molar-refractivity contribution in [3.8, 4) is 34.1 Å². The lowest BCUT2D eigenvalue weighted by atomic mass is 9.88. The number of aromatic hydroxyl groups is 4. The van der Waals surface area contributed by atoms with Crippen molar-refractivity contribution in [2.75, 3.05) is 0 Å². The van der Waals surface area contributed by atoms with Crippen LogP contribution in [0.2, 0.25) is 0 Å². The van der Waals surface area contributed by atoms with Gasteiger partial charge >= 0.3 is 0 Å². The maximum absolute atomic E-state index is 10.1. The zero-order chi connectivity index (χ0) is 25.7. The van der Waals surface area contributed by atoms with Gasteiger partial charge in [0.1, 0.15) is 0 Å². The summed E-state index contributed by atoms with van der Waals surface area (Å²) in [7, 11) is 0. The molecule has 0 spiro atoms. The van der Waals surface area contributed by atoms with Crippen LogP contribution in [0.4, 0.5) is 0 Å². The van der Waals surface area contributed by atoms with Crippen molar-refractivity contribution in [3.63, 3.8) is 0 Å². The van der Waals surface area contributed by atoms with Crippen LogP contribution in [0.15, 0.2) is 82.8 Å². The number of phenols is 4. The van der Waals surface area contributed by atoms with Gasteiger partial charge in [0.15, 0.2) is 23.0 Å². The molecule has 6 heteroatoms. The summed E-state index contributed by atoms with van der Waals surface area (Å²) in [6, 6.07) is 21.7. The number of nitrogens with zero attached hydrogens (tertiary/aromatic N) is 2. The molecule has 0 aromatic heterocycles. The molecule has 0 aliphatic heterocycles. The molecule has 4 aromatic rings. The smallest absolute Gasteiger partial charge is 0.166 e. The summed E-state index contributed by atoms with van der Waals surface area (Å²) in [5.41, 5.74) is 7.32. The van der Waals surface area contributed by atoms with E-state index >= 15 is 0 Å². The molecule has 0 aliphatic rings. The van der Waals surface area contributed by atoms with Crippen molar-refractivity contribution in [1.82, 2.24) is 0 Å². The molecule has 4 N–H and O–H groups in total. The lowest BCUT2D eigenvalue weighted by Crippen LogP contribution is -1.99. The SMILES string of the molecule is Cc1cccc(CN=Cc2cccc(O)c2O)c1-c1c(C)cccc1CN=Cc1cccc(O)c1O. The zero-order valence-corrected chi connectivity index (χ0v) is 20.2. The van der Waals surface area contributed by atoms with Crippen molar-refractivity contribution in [1.29, 1.82) is 0 Å². The third-order valence-electron chi connectivity index (χ3n) is 6.04. The van der Waals surface area contributed by atoms with Crippen molar-refractivity contribution in [3.05, 3.63) is 106 Å². The van der Waals surface area contributed by atoms with Crippen LogP contribution in [0, 0.1) is 13.8 Å². The molecule has 0 saturated carbocycles. The van der Waals surface area contributed by atoms with E-state index in [-0.39, 0.29) is 23.0 Å². The number of benzene rings is 4. The maximum Gasteiger partial charge on any atom is 0.166 e. The average Bonchev–Trinajstić information content (AvgIpc) is 2.85. The van der Waals surface area contributed by atoms with Gasteiger partial charge < -0.3 is 20.4 Å². The number of aliphatic imine (C=N–C) groups is 2. The standard InChI is InChI=1S/C30H28N2O4/c1-19-7-3-9-21(15-31-17-23-11-5-13-25(33)29(23)35)27(19)28-20(2)8-4-10-22(28)16-32-18-24-12-6-14-26(34)30(24)36/h3-14,17-18,33-36H,15-16H2,1-2H3. The Balaban J connectivity index is 1.67. The van der Waals surface area contributed by atoms with Gasteiger partial charge in [0.2, 0.25) is 0 Å². The van der Waals surface area contributed by atoms with Gasteiger partial charge in [-0.3, -0.25) is 9.98 Å². The molecule has 182 valence electrons. The summed E-state index contributed by atoms with van der Waals surface area (Å²) in [5, 5.41) is 39.6. The molecule has 4 rings (SSSR count). The van der Waals surface area contributed by atoms with Crippen LogP contribution in [0.3, 0.4) is 0 Å². The van der Waals surface area contributed by atoms with Gasteiger partial charge in [-0.2, -0.15) is 0 Å². The second kappa shape index (κ2) is 10.8. The van der Waals surface area contributed by atoms with E-state index in [1.165, 1.54) is 12.1 Å². The fourth-order valence-corrected chi connectivity index (χ4v) is 4.23. The van der Waals surface area contributed by atoms with E-state index in [2.05, 4.69) is 36.0 Å². The van der Waals surface area contributed by atoms with E-state index in [4.69, 9.17) is 0 Å². The van der Waals surface area contributed by atoms with Gasteiger partial charge in [-0.15, -0.1) is 0 Å². The Labute approximate surface area is 210 Å². The van der Waals surface area contributed by atoms with Crippen LogP contribution >= 0.6 is 0 Å². The van der Waals surface area contributed by atoms with Crippen LogP contribution in [-0.2, 0) is 13.1 Å². The third-order valence-corrected chi connectivity index (χ3v) is 6.04. The van der Waals surface area contributed by atoms with Gasteiger partial charge in [-0.25, -0.2) is 0 Å². The van der Waals surface area contributed by atoms with E-state index in [0.717, 1.165) is 33.4 Å². The second-order valence-electron chi connectivity index (χ2n) is 8.59. The highest BCUT2D eigenvalue weighted by Gasteiger charge is 2.14. The van der Waals surface area contributed by atoms with E-state index < -0.39 is 0 Å². The fraction of sp³-hybridized carbons (Fsp3) is 0.133. The topological polar surface area (TPSA) is 106 Å². The largest absolute Gasteiger partial charge is 0.504 e. The van der Waals surface area contributed by atoms with E-state index in [1.54, 1.807) is 36.7 Å². The summed E-state index contributed by atoms with van der Waals surface area (Å²) in [6.07, 6.45) is 3.12. The first-order chi connectivity index (χ1) is 17.4. The molecule has 0 unspecified atom stereocenters. The van der Waals surface area contributed by atoms with Crippen molar-refractivity contribution in [2.24, 2.45) is 9.98 Å². The first-order valence-electron chi connectivity index (χ1n) is 11.6. The lowest BCUT2D eigenvalue weighted by molar-refractivity contribution is 0.403. The molecule has 6 nitrogen and oxygen atoms in total. The summed E-state index contributed by atoms with van der Waals surface area (Å²) in [6.45, 7) is 4.91. The van der Waals surface area contributed by atoms with Crippen LogP contribution in [0.1, 0.15) is 33.4 Å². The molecule has 0 atom stereocenters. The summed E-state index contributed by atoms with van der Waals surface area (Å²) in [4.78, 5) is 9.09. The summed E-state index contributed by atoms with van der Waals surface area (Å²) in [5.74, 6) is -0.747. The Hall–Kier alpha value is -4.58. The predicted octanol–water partition coefficient (Wildman–Crippen LogP) is 6.03. The van der Waals surface area contributed by atoms with E-state index in [9.17, 15) is 20.4 Å². The highest BCUT2D eigenvalue weighted by atomic mass is 16.3. The van der Waals surface area contributed by atoms with Crippen molar-refractivity contribution >= 4 is 12.4 Å². The van der Waals surface area contributed by atoms with Gasteiger partial charge in [-0.1, -0.05) is 48.5 Å². The van der Waals surface area contributed by atoms with E-state index in [0.29, 0.717) is 24.2 Å². The Morgan fingerprint density at radius 3 is 1.36 bits per heavy atom. The van der Waals surface area contributed by atoms with Gasteiger partial charge in [-0.05, 0) is 71.5 Å². The Bertz CT molecular complexity index is 1350. The van der Waals surface area contributed by atoms with Gasteiger partial charge in [0.25, 0.3) is 0 Å². The highest BCUT2D eigenvalue weighted by molar-refractivity contribution is 5.86. The number of hydrogen-bond donors (Lipinski definition) is 4.